The average molecular weight is 466 g/mol. The van der Waals surface area contributed by atoms with Crippen molar-refractivity contribution in [3.8, 4) is 11.5 Å². The summed E-state index contributed by atoms with van der Waals surface area (Å²) in [5.74, 6) is 0.377. The molecule has 172 valence electrons. The Bertz CT molecular complexity index is 1120. The summed E-state index contributed by atoms with van der Waals surface area (Å²) in [4.78, 5) is 23.7. The highest BCUT2D eigenvalue weighted by Gasteiger charge is 2.17. The van der Waals surface area contributed by atoms with Gasteiger partial charge in [0.25, 0.3) is 0 Å². The van der Waals surface area contributed by atoms with Crippen LogP contribution in [0.1, 0.15) is 54.2 Å². The maximum Gasteiger partial charge on any atom is 0.517 e. The van der Waals surface area contributed by atoms with E-state index in [-0.39, 0.29) is 17.5 Å². The van der Waals surface area contributed by atoms with Crippen LogP contribution in [0.5, 0.6) is 11.5 Å². The highest BCUT2D eigenvalue weighted by Crippen LogP contribution is 2.34. The van der Waals surface area contributed by atoms with E-state index >= 15 is 0 Å². The van der Waals surface area contributed by atoms with Gasteiger partial charge in [0.2, 0.25) is 0 Å². The number of Topliss-reactive ketones (excluding diaryl/α,β-unsaturated/α-hetero) is 1. The molecule has 0 aromatic heterocycles. The molecule has 3 aromatic carbocycles. The molecule has 6 heteroatoms. The van der Waals surface area contributed by atoms with E-state index < -0.39 is 0 Å². The van der Waals surface area contributed by atoms with Gasteiger partial charge in [-0.25, -0.2) is 0 Å². The van der Waals surface area contributed by atoms with Crippen molar-refractivity contribution in [3.63, 3.8) is 0 Å². The van der Waals surface area contributed by atoms with Crippen LogP contribution in [0, 0.1) is 0 Å². The number of esters is 1. The van der Waals surface area contributed by atoms with Gasteiger partial charge in [0.15, 0.2) is 12.4 Å². The second-order valence-electron chi connectivity index (χ2n) is 7.55. The number of ether oxygens (including phenoxy) is 2. The van der Waals surface area contributed by atoms with Gasteiger partial charge in [-0.2, -0.15) is 0 Å². The average Bonchev–Trinajstić information content (AvgIpc) is 2.80. The molecule has 0 fully saturated rings. The van der Waals surface area contributed by atoms with Gasteiger partial charge in [-0.15, -0.1) is 0 Å². The van der Waals surface area contributed by atoms with Gasteiger partial charge in [-0.1, -0.05) is 43.3 Å². The summed E-state index contributed by atoms with van der Waals surface area (Å²) in [6.45, 7) is 6.06. The Labute approximate surface area is 198 Å². The molecule has 0 unspecified atom stereocenters. The predicted molar refractivity (Wildman–Crippen MR) is 131 cm³/mol. The lowest BCUT2D eigenvalue weighted by Gasteiger charge is -2.15. The first kappa shape index (κ1) is 24.4. The summed E-state index contributed by atoms with van der Waals surface area (Å²) in [7, 11) is 0. The second-order valence-corrected chi connectivity index (χ2v) is 8.69. The van der Waals surface area contributed by atoms with Gasteiger partial charge in [0, 0.05) is 15.4 Å². The Hall–Kier alpha value is -3.25. The van der Waals surface area contributed by atoms with Crippen LogP contribution >= 0.6 is 11.8 Å². The lowest BCUT2D eigenvalue weighted by atomic mass is 10.0. The standard InChI is InChI=1S/C27H28O5S/c1-4-7-24-25(15-14-23(18(3)28)26(24)29)32-17-19-10-12-21(13-11-19)33-22-9-6-8-20(16-22)27(30)31-5-2/h6,8-16,29H,4-5,7,17H2,1-3H3/p+1. The SMILES string of the molecule is CCCc1c(OCc2ccc(Sc3cccc(C(=[OH+])OCC)c3)cc2)ccc(C(C)=O)c1O. The Morgan fingerprint density at radius 2 is 1.79 bits per heavy atom. The zero-order valence-corrected chi connectivity index (χ0v) is 19.9. The van der Waals surface area contributed by atoms with E-state index in [1.54, 1.807) is 23.9 Å². The van der Waals surface area contributed by atoms with Crippen molar-refractivity contribution in [2.45, 2.75) is 50.0 Å². The molecule has 0 saturated heterocycles. The quantitative estimate of drug-likeness (QED) is 0.220. The molecule has 33 heavy (non-hydrogen) atoms. The molecule has 0 aliphatic carbocycles. The molecule has 0 aliphatic heterocycles. The molecule has 0 aliphatic rings. The number of hydrogen-bond donors (Lipinski definition) is 1. The van der Waals surface area contributed by atoms with Crippen LogP contribution in [0.2, 0.25) is 0 Å². The molecule has 0 radical (unpaired) electrons. The Kier molecular flexibility index (Phi) is 8.55. The number of phenols is 1. The predicted octanol–water partition coefficient (Wildman–Crippen LogP) is 6.16. The molecule has 0 bridgehead atoms. The van der Waals surface area contributed by atoms with Crippen LogP contribution in [0.25, 0.3) is 0 Å². The number of hydrogen-bond acceptors (Lipinski definition) is 5. The normalized spacial score (nSPS) is 10.6. The first-order chi connectivity index (χ1) is 15.9. The van der Waals surface area contributed by atoms with Crippen LogP contribution < -0.4 is 4.74 Å². The fourth-order valence-corrected chi connectivity index (χ4v) is 4.27. The zero-order valence-electron chi connectivity index (χ0n) is 19.1. The van der Waals surface area contributed by atoms with Gasteiger partial charge in [0.05, 0.1) is 5.56 Å². The van der Waals surface area contributed by atoms with Gasteiger partial charge in [0.1, 0.15) is 23.7 Å². The first-order valence-corrected chi connectivity index (χ1v) is 11.8. The highest BCUT2D eigenvalue weighted by atomic mass is 32.2. The van der Waals surface area contributed by atoms with Crippen molar-refractivity contribution in [1.29, 1.82) is 0 Å². The smallest absolute Gasteiger partial charge is 0.507 e. The second kappa shape index (κ2) is 11.6. The molecule has 2 N–H and O–H groups in total. The molecule has 0 spiro atoms. The van der Waals surface area contributed by atoms with E-state index in [0.717, 1.165) is 21.8 Å². The van der Waals surface area contributed by atoms with E-state index in [2.05, 4.69) is 0 Å². The third kappa shape index (κ3) is 6.39. The van der Waals surface area contributed by atoms with Gasteiger partial charge < -0.3 is 19.4 Å². The van der Waals surface area contributed by atoms with Crippen LogP contribution in [0.3, 0.4) is 0 Å². The number of benzene rings is 3. The fourth-order valence-electron chi connectivity index (χ4n) is 3.39. The van der Waals surface area contributed by atoms with Gasteiger partial charge >= 0.3 is 5.97 Å². The first-order valence-electron chi connectivity index (χ1n) is 11.0. The van der Waals surface area contributed by atoms with Crippen molar-refractivity contribution in [2.24, 2.45) is 0 Å². The Balaban J connectivity index is 1.67. The van der Waals surface area contributed by atoms with Crippen molar-refractivity contribution in [2.75, 3.05) is 6.61 Å². The van der Waals surface area contributed by atoms with E-state index in [1.807, 2.05) is 62.4 Å². The van der Waals surface area contributed by atoms with E-state index in [0.29, 0.717) is 42.1 Å². The monoisotopic (exact) mass is 465 g/mol. The molecule has 3 aromatic rings. The number of ketones is 1. The lowest BCUT2D eigenvalue weighted by Crippen LogP contribution is -2.05. The summed E-state index contributed by atoms with van der Waals surface area (Å²) in [5.41, 5.74) is 2.63. The number of rotatable bonds is 10. The van der Waals surface area contributed by atoms with Crippen molar-refractivity contribution in [1.82, 2.24) is 0 Å². The van der Waals surface area contributed by atoms with Crippen molar-refractivity contribution in [3.05, 3.63) is 82.9 Å². The molecule has 0 saturated carbocycles. The Morgan fingerprint density at radius 1 is 1.03 bits per heavy atom. The van der Waals surface area contributed by atoms with Crippen LogP contribution in [0.15, 0.2) is 70.5 Å². The maximum atomic E-state index is 11.7. The van der Waals surface area contributed by atoms with E-state index in [9.17, 15) is 14.7 Å². The topological polar surface area (TPSA) is 77.2 Å². The number of aromatic hydroxyl groups is 1. The number of phenolic OH excluding ortho intramolecular Hbond substituents is 1. The minimum absolute atomic E-state index is 0.0171. The van der Waals surface area contributed by atoms with Crippen molar-refractivity contribution < 1.29 is 24.2 Å². The fraction of sp³-hybridized carbons (Fsp3) is 0.259. The summed E-state index contributed by atoms with van der Waals surface area (Å²) in [5, 5.41) is 10.5. The van der Waals surface area contributed by atoms with E-state index in [1.165, 1.54) is 6.92 Å². The molecule has 0 heterocycles. The summed E-state index contributed by atoms with van der Waals surface area (Å²) >= 11 is 1.59. The van der Waals surface area contributed by atoms with Gasteiger partial charge in [-0.05, 0) is 68.3 Å². The van der Waals surface area contributed by atoms with Crippen LogP contribution in [-0.2, 0) is 17.8 Å². The van der Waals surface area contributed by atoms with Crippen molar-refractivity contribution >= 4 is 23.5 Å². The molecular weight excluding hydrogens is 436 g/mol. The minimum Gasteiger partial charge on any atom is -0.507 e. The molecule has 5 nitrogen and oxygen atoms in total. The lowest BCUT2D eigenvalue weighted by molar-refractivity contribution is 0.101. The summed E-state index contributed by atoms with van der Waals surface area (Å²) in [6, 6.07) is 19.0. The molecule has 0 amide bonds. The van der Waals surface area contributed by atoms with Gasteiger partial charge in [-0.3, -0.25) is 4.79 Å². The number of carbonyl (C=O) groups excluding carboxylic acids is 2. The van der Waals surface area contributed by atoms with Crippen LogP contribution in [0.4, 0.5) is 0 Å². The number of carbonyl (C=O) groups is 1. The van der Waals surface area contributed by atoms with Crippen LogP contribution in [-0.4, -0.2) is 28.3 Å². The largest absolute Gasteiger partial charge is 0.517 e. The third-order valence-electron chi connectivity index (χ3n) is 5.03. The highest BCUT2D eigenvalue weighted by molar-refractivity contribution is 7.99. The molecule has 0 atom stereocenters. The molecule has 3 rings (SSSR count). The van der Waals surface area contributed by atoms with E-state index in [4.69, 9.17) is 9.47 Å². The summed E-state index contributed by atoms with van der Waals surface area (Å²) in [6.07, 6.45) is 1.46. The third-order valence-corrected chi connectivity index (χ3v) is 6.03. The zero-order chi connectivity index (χ0) is 23.8. The minimum atomic E-state index is -0.166. The Morgan fingerprint density at radius 3 is 2.45 bits per heavy atom. The maximum absolute atomic E-state index is 11.7. The summed E-state index contributed by atoms with van der Waals surface area (Å²) < 4.78 is 11.2. The molecular formula is C27H29O5S+.